The third-order valence-electron chi connectivity index (χ3n) is 1.62. The van der Waals surface area contributed by atoms with Gasteiger partial charge >= 0.3 is 0 Å². The normalized spacial score (nSPS) is 19.9. The second-order valence-corrected chi connectivity index (χ2v) is 2.85. The van der Waals surface area contributed by atoms with Crippen LogP contribution in [-0.2, 0) is 9.53 Å². The molecule has 1 fully saturated rings. The van der Waals surface area contributed by atoms with Crippen molar-refractivity contribution in [1.82, 2.24) is 10.4 Å². The fraction of sp³-hybridized carbons (Fsp3) is 0.625. The Morgan fingerprint density at radius 3 is 2.69 bits per heavy atom. The van der Waals surface area contributed by atoms with Crippen molar-refractivity contribution in [2.24, 2.45) is 0 Å². The van der Waals surface area contributed by atoms with Crippen molar-refractivity contribution >= 4 is 5.78 Å². The van der Waals surface area contributed by atoms with Gasteiger partial charge in [-0.15, -0.1) is 0 Å². The van der Waals surface area contributed by atoms with Gasteiger partial charge in [-0.25, -0.2) is 5.01 Å². The average molecular weight is 186 g/mol. The molecule has 1 saturated heterocycles. The van der Waals surface area contributed by atoms with Gasteiger partial charge in [-0.3, -0.25) is 10.2 Å². The number of ketones is 1. The second kappa shape index (κ2) is 4.84. The lowest BCUT2D eigenvalue weighted by atomic mass is 10.4. The summed E-state index contributed by atoms with van der Waals surface area (Å²) in [6.45, 7) is 4.07. The molecule has 0 bridgehead atoms. The first-order valence-corrected chi connectivity index (χ1v) is 4.19. The average Bonchev–Trinajstić information content (AvgIpc) is 2.04. The van der Waals surface area contributed by atoms with E-state index in [1.165, 1.54) is 6.92 Å². The van der Waals surface area contributed by atoms with E-state index in [1.807, 2.05) is 0 Å². The summed E-state index contributed by atoms with van der Waals surface area (Å²) in [6.07, 6.45) is 1.15. The van der Waals surface area contributed by atoms with Gasteiger partial charge in [0.1, 0.15) is 0 Å². The molecule has 5 heteroatoms. The molecule has 0 amide bonds. The molecule has 0 saturated carbocycles. The maximum absolute atomic E-state index is 10.6. The minimum Gasteiger partial charge on any atom is -0.494 e. The van der Waals surface area contributed by atoms with Crippen LogP contribution in [0.25, 0.3) is 0 Å². The Hall–Kier alpha value is -1.07. The summed E-state index contributed by atoms with van der Waals surface area (Å²) in [4.78, 5) is 10.6. The number of nitrogens with one attached hydrogen (secondary N) is 1. The van der Waals surface area contributed by atoms with Gasteiger partial charge in [0.05, 0.1) is 13.2 Å². The highest BCUT2D eigenvalue weighted by molar-refractivity contribution is 5.87. The standard InChI is InChI=1S/C8H14N2O3/c1-7(11)6-8(12)9-10-2-4-13-5-3-10/h6,9,12H,2-5H2,1H3/b8-6-. The lowest BCUT2D eigenvalue weighted by Gasteiger charge is -2.27. The Kier molecular flexibility index (Phi) is 3.72. The maximum atomic E-state index is 10.6. The molecule has 0 spiro atoms. The summed E-state index contributed by atoms with van der Waals surface area (Å²) in [6, 6.07) is 0. The molecule has 1 aliphatic rings. The molecular formula is C8H14N2O3. The van der Waals surface area contributed by atoms with Gasteiger partial charge in [0.2, 0.25) is 5.88 Å². The van der Waals surface area contributed by atoms with E-state index in [4.69, 9.17) is 4.74 Å². The minimum absolute atomic E-state index is 0.116. The van der Waals surface area contributed by atoms with Crippen LogP contribution in [-0.4, -0.2) is 42.2 Å². The van der Waals surface area contributed by atoms with E-state index >= 15 is 0 Å². The summed E-state index contributed by atoms with van der Waals surface area (Å²) in [5, 5.41) is 11.0. The van der Waals surface area contributed by atoms with Crippen molar-refractivity contribution in [2.75, 3.05) is 26.3 Å². The van der Waals surface area contributed by atoms with Crippen LogP contribution < -0.4 is 5.43 Å². The number of hydrogen-bond donors (Lipinski definition) is 2. The fourth-order valence-electron chi connectivity index (χ4n) is 1.06. The van der Waals surface area contributed by atoms with Gasteiger partial charge in [-0.05, 0) is 6.92 Å². The van der Waals surface area contributed by atoms with Crippen molar-refractivity contribution in [1.29, 1.82) is 0 Å². The Labute approximate surface area is 76.9 Å². The molecule has 0 aromatic heterocycles. The highest BCUT2D eigenvalue weighted by atomic mass is 16.5. The molecule has 1 heterocycles. The van der Waals surface area contributed by atoms with E-state index in [0.29, 0.717) is 26.3 Å². The summed E-state index contributed by atoms with van der Waals surface area (Å²) in [5.41, 5.74) is 2.70. The number of allylic oxidation sites excluding steroid dienone is 1. The lowest BCUT2D eigenvalue weighted by Crippen LogP contribution is -2.45. The van der Waals surface area contributed by atoms with Crippen LogP contribution in [0.2, 0.25) is 0 Å². The van der Waals surface area contributed by atoms with E-state index in [0.717, 1.165) is 6.08 Å². The van der Waals surface area contributed by atoms with E-state index in [2.05, 4.69) is 5.43 Å². The molecule has 0 unspecified atom stereocenters. The number of hydrogen-bond acceptors (Lipinski definition) is 5. The first-order valence-electron chi connectivity index (χ1n) is 4.19. The van der Waals surface area contributed by atoms with Crippen LogP contribution in [0, 0.1) is 0 Å². The predicted molar refractivity (Wildman–Crippen MR) is 46.9 cm³/mol. The zero-order valence-electron chi connectivity index (χ0n) is 7.62. The number of aliphatic hydroxyl groups excluding tert-OH is 1. The van der Waals surface area contributed by atoms with E-state index in [9.17, 15) is 9.90 Å². The van der Waals surface area contributed by atoms with E-state index in [-0.39, 0.29) is 11.7 Å². The highest BCUT2D eigenvalue weighted by Gasteiger charge is 2.10. The van der Waals surface area contributed by atoms with Crippen molar-refractivity contribution in [3.63, 3.8) is 0 Å². The molecule has 13 heavy (non-hydrogen) atoms. The van der Waals surface area contributed by atoms with E-state index in [1.54, 1.807) is 5.01 Å². The molecule has 0 radical (unpaired) electrons. The van der Waals surface area contributed by atoms with Gasteiger partial charge in [0, 0.05) is 19.2 Å². The summed E-state index contributed by atoms with van der Waals surface area (Å²) >= 11 is 0. The first kappa shape index (κ1) is 10.0. The first-order chi connectivity index (χ1) is 6.18. The predicted octanol–water partition coefficient (Wildman–Crippen LogP) is -0.188. The quantitative estimate of drug-likeness (QED) is 0.472. The Bertz CT molecular complexity index is 209. The molecule has 1 aliphatic heterocycles. The number of carbonyl (C=O) groups is 1. The Morgan fingerprint density at radius 2 is 2.15 bits per heavy atom. The van der Waals surface area contributed by atoms with Crippen molar-refractivity contribution in [2.45, 2.75) is 6.92 Å². The van der Waals surface area contributed by atoms with Gasteiger partial charge < -0.3 is 9.84 Å². The third-order valence-corrected chi connectivity index (χ3v) is 1.62. The van der Waals surface area contributed by atoms with Gasteiger partial charge in [-0.1, -0.05) is 0 Å². The molecule has 0 aliphatic carbocycles. The summed E-state index contributed by atoms with van der Waals surface area (Å²) < 4.78 is 5.11. The molecule has 0 aromatic rings. The number of morpholine rings is 1. The topological polar surface area (TPSA) is 61.8 Å². The number of hydrazine groups is 1. The third kappa shape index (κ3) is 3.91. The van der Waals surface area contributed by atoms with Crippen LogP contribution in [0.5, 0.6) is 0 Å². The number of nitrogens with zero attached hydrogens (tertiary/aromatic N) is 1. The summed E-state index contributed by atoms with van der Waals surface area (Å²) in [5.74, 6) is -0.298. The number of rotatable bonds is 3. The molecule has 0 atom stereocenters. The molecular weight excluding hydrogens is 172 g/mol. The maximum Gasteiger partial charge on any atom is 0.202 e. The van der Waals surface area contributed by atoms with Crippen molar-refractivity contribution < 1.29 is 14.6 Å². The zero-order valence-corrected chi connectivity index (χ0v) is 7.62. The largest absolute Gasteiger partial charge is 0.494 e. The molecule has 2 N–H and O–H groups in total. The Morgan fingerprint density at radius 1 is 1.54 bits per heavy atom. The van der Waals surface area contributed by atoms with Crippen LogP contribution in [0.4, 0.5) is 0 Å². The molecule has 74 valence electrons. The zero-order chi connectivity index (χ0) is 9.68. The highest BCUT2D eigenvalue weighted by Crippen LogP contribution is 1.94. The minimum atomic E-state index is -0.182. The Balaban J connectivity index is 2.33. The SMILES string of the molecule is CC(=O)/C=C(\O)NN1CCOCC1. The molecule has 1 rings (SSSR count). The monoisotopic (exact) mass is 186 g/mol. The van der Waals surface area contributed by atoms with E-state index < -0.39 is 0 Å². The van der Waals surface area contributed by atoms with Crippen LogP contribution in [0.1, 0.15) is 6.92 Å². The van der Waals surface area contributed by atoms with Crippen LogP contribution >= 0.6 is 0 Å². The molecule has 5 nitrogen and oxygen atoms in total. The smallest absolute Gasteiger partial charge is 0.202 e. The van der Waals surface area contributed by atoms with Gasteiger partial charge in [-0.2, -0.15) is 0 Å². The van der Waals surface area contributed by atoms with Crippen LogP contribution in [0.15, 0.2) is 12.0 Å². The lowest BCUT2D eigenvalue weighted by molar-refractivity contribution is -0.112. The summed E-state index contributed by atoms with van der Waals surface area (Å²) in [7, 11) is 0. The number of ether oxygens (including phenoxy) is 1. The van der Waals surface area contributed by atoms with Crippen molar-refractivity contribution in [3.05, 3.63) is 12.0 Å². The number of carbonyl (C=O) groups excluding carboxylic acids is 1. The fourth-order valence-corrected chi connectivity index (χ4v) is 1.06. The van der Waals surface area contributed by atoms with Gasteiger partial charge in [0.15, 0.2) is 5.78 Å². The molecule has 0 aromatic carbocycles. The van der Waals surface area contributed by atoms with Crippen LogP contribution in [0.3, 0.4) is 0 Å². The van der Waals surface area contributed by atoms with Gasteiger partial charge in [0.25, 0.3) is 0 Å². The second-order valence-electron chi connectivity index (χ2n) is 2.85. The van der Waals surface area contributed by atoms with Crippen molar-refractivity contribution in [3.8, 4) is 0 Å². The number of aliphatic hydroxyl groups is 1.